The van der Waals surface area contributed by atoms with Crippen LogP contribution in [0.4, 0.5) is 17.6 Å². The molecule has 0 N–H and O–H groups in total. The van der Waals surface area contributed by atoms with Crippen molar-refractivity contribution in [3.63, 3.8) is 0 Å². The van der Waals surface area contributed by atoms with Gasteiger partial charge in [-0.2, -0.15) is 8.78 Å². The van der Waals surface area contributed by atoms with Crippen LogP contribution in [0.3, 0.4) is 0 Å². The van der Waals surface area contributed by atoms with Gasteiger partial charge in [0.05, 0.1) is 0 Å². The summed E-state index contributed by atoms with van der Waals surface area (Å²) in [7, 11) is 0. The number of halogens is 4. The summed E-state index contributed by atoms with van der Waals surface area (Å²) >= 11 is 0. The minimum absolute atomic E-state index is 1.73. The Morgan fingerprint density at radius 3 is 2.36 bits per heavy atom. The number of ether oxygens (including phenoxy) is 1. The number of hydrogen-bond donors (Lipinski definition) is 0. The molecule has 0 aromatic heterocycles. The molecule has 0 aromatic carbocycles. The summed E-state index contributed by atoms with van der Waals surface area (Å²) in [6.07, 6.45) is -4.60. The normalized spacial score (nSPS) is 11.0. The van der Waals surface area contributed by atoms with Crippen molar-refractivity contribution < 1.29 is 27.1 Å². The van der Waals surface area contributed by atoms with Crippen LogP contribution < -0.4 is 0 Å². The van der Waals surface area contributed by atoms with Crippen molar-refractivity contribution in [2.45, 2.75) is 12.9 Å². The molecule has 0 amide bonds. The second-order valence-electron chi connectivity index (χ2n) is 1.10. The Morgan fingerprint density at radius 1 is 1.45 bits per heavy atom. The van der Waals surface area contributed by atoms with Crippen LogP contribution in [-0.2, 0) is 9.57 Å². The van der Waals surface area contributed by atoms with Gasteiger partial charge in [-0.3, -0.25) is 0 Å². The van der Waals surface area contributed by atoms with Crippen molar-refractivity contribution in [3.05, 3.63) is 10.4 Å². The van der Waals surface area contributed by atoms with E-state index >= 15 is 0 Å². The third kappa shape index (κ3) is 5.25. The summed E-state index contributed by atoms with van der Waals surface area (Å²) in [6.45, 7) is -3.71. The molecule has 0 unspecified atom stereocenters. The molecule has 11 heavy (non-hydrogen) atoms. The first-order valence-electron chi connectivity index (χ1n) is 2.04. The van der Waals surface area contributed by atoms with Crippen LogP contribution in [0.5, 0.6) is 0 Å². The smallest absolute Gasteiger partial charge is 0.342 e. The van der Waals surface area contributed by atoms with Crippen LogP contribution in [0.15, 0.2) is 5.28 Å². The molecule has 0 spiro atoms. The molecule has 0 aliphatic carbocycles. The average Bonchev–Trinajstić information content (AvgIpc) is 1.81. The van der Waals surface area contributed by atoms with Crippen molar-refractivity contribution in [1.82, 2.24) is 0 Å². The van der Waals surface area contributed by atoms with Crippen molar-refractivity contribution in [1.29, 1.82) is 0 Å². The molecule has 9 heteroatoms. The van der Waals surface area contributed by atoms with Gasteiger partial charge in [0.25, 0.3) is 0 Å². The molecule has 5 nitrogen and oxygen atoms in total. The third-order valence-corrected chi connectivity index (χ3v) is 0.410. The lowest BCUT2D eigenvalue weighted by atomic mass is 11.2. The lowest BCUT2D eigenvalue weighted by Crippen LogP contribution is -2.25. The van der Waals surface area contributed by atoms with Crippen LogP contribution in [0, 0.1) is 0 Å². The quantitative estimate of drug-likeness (QED) is 0.164. The Labute approximate surface area is 57.1 Å². The molecule has 0 heterocycles. The predicted molar refractivity (Wildman–Crippen MR) is 22.3 cm³/mol. The van der Waals surface area contributed by atoms with Crippen LogP contribution >= 0.6 is 0 Å². The SMILES string of the molecule is [N-]=[N+]=NOC(F)(F)OC(F)F. The highest BCUT2D eigenvalue weighted by molar-refractivity contribution is 4.33. The average molecular weight is 175 g/mol. The molecule has 64 valence electrons. The summed E-state index contributed by atoms with van der Waals surface area (Å²) in [5, 5.41) is 1.87. The van der Waals surface area contributed by atoms with E-state index in [1.54, 1.807) is 4.91 Å². The van der Waals surface area contributed by atoms with Gasteiger partial charge < -0.3 is 4.84 Å². The molecule has 0 rings (SSSR count). The van der Waals surface area contributed by atoms with Crippen molar-refractivity contribution in [2.75, 3.05) is 0 Å². The number of alkyl halides is 4. The molecule has 0 aliphatic rings. The first-order valence-corrected chi connectivity index (χ1v) is 2.04. The molecule has 0 saturated heterocycles. The molecule has 0 bridgehead atoms. The van der Waals surface area contributed by atoms with Crippen LogP contribution in [0.2, 0.25) is 0 Å². The third-order valence-electron chi connectivity index (χ3n) is 0.410. The van der Waals surface area contributed by atoms with Gasteiger partial charge in [-0.05, 0) is 5.53 Å². The van der Waals surface area contributed by atoms with Gasteiger partial charge in [-0.15, -0.1) is 8.78 Å². The van der Waals surface area contributed by atoms with Gasteiger partial charge in [-0.1, -0.05) is 0 Å². The molecule has 0 aliphatic heterocycles. The lowest BCUT2D eigenvalue weighted by molar-refractivity contribution is -0.436. The summed E-state index contributed by atoms with van der Waals surface area (Å²) in [5.41, 5.74) is 7.42. The van der Waals surface area contributed by atoms with Crippen molar-refractivity contribution in [2.24, 2.45) is 5.28 Å². The number of azide groups is 1. The lowest BCUT2D eigenvalue weighted by Gasteiger charge is -2.11. The maximum Gasteiger partial charge on any atom is 0.545 e. The molecule has 0 saturated carbocycles. The molecule has 0 fully saturated rings. The second kappa shape index (κ2) is 3.84. The van der Waals surface area contributed by atoms with Crippen LogP contribution in [0.25, 0.3) is 10.4 Å². The van der Waals surface area contributed by atoms with E-state index < -0.39 is 12.9 Å². The van der Waals surface area contributed by atoms with E-state index in [9.17, 15) is 17.6 Å². The van der Waals surface area contributed by atoms with E-state index in [0.29, 0.717) is 0 Å². The predicted octanol–water partition coefficient (Wildman–Crippen LogP) is 2.02. The van der Waals surface area contributed by atoms with Crippen LogP contribution in [-0.4, -0.2) is 12.9 Å². The molecular formula is C2HF4N3O2. The fraction of sp³-hybridized carbons (Fsp3) is 1.00. The van der Waals surface area contributed by atoms with E-state index in [0.717, 1.165) is 0 Å². The number of hydrogen-bond acceptors (Lipinski definition) is 3. The second-order valence-corrected chi connectivity index (χ2v) is 1.10. The van der Waals surface area contributed by atoms with Gasteiger partial charge in [0.1, 0.15) is 5.28 Å². The Hall–Kier alpha value is -1.21. The van der Waals surface area contributed by atoms with E-state index in [-0.39, 0.29) is 0 Å². The van der Waals surface area contributed by atoms with E-state index in [4.69, 9.17) is 5.53 Å². The fourth-order valence-electron chi connectivity index (χ4n) is 0.191. The van der Waals surface area contributed by atoms with E-state index in [1.165, 1.54) is 0 Å². The minimum atomic E-state index is -4.60. The highest BCUT2D eigenvalue weighted by atomic mass is 19.3. The maximum absolute atomic E-state index is 11.7. The summed E-state index contributed by atoms with van der Waals surface area (Å²) in [5.74, 6) is 0. The van der Waals surface area contributed by atoms with Gasteiger partial charge in [0, 0.05) is 4.91 Å². The minimum Gasteiger partial charge on any atom is -0.342 e. The molecule has 0 aromatic rings. The van der Waals surface area contributed by atoms with Gasteiger partial charge >= 0.3 is 12.9 Å². The maximum atomic E-state index is 11.7. The first kappa shape index (κ1) is 9.79. The fourth-order valence-corrected chi connectivity index (χ4v) is 0.191. The van der Waals surface area contributed by atoms with Crippen molar-refractivity contribution >= 4 is 0 Å². The summed E-state index contributed by atoms with van der Waals surface area (Å²) < 4.78 is 48.0. The number of nitrogens with zero attached hydrogens (tertiary/aromatic N) is 3. The summed E-state index contributed by atoms with van der Waals surface area (Å²) in [4.78, 5) is 4.59. The zero-order valence-electron chi connectivity index (χ0n) is 4.75. The Morgan fingerprint density at radius 2 is 2.00 bits per heavy atom. The standard InChI is InChI=1S/C2HF4N3O2/c3-1(4)10-2(5,6)11-9-8-7/h1H. The zero-order chi connectivity index (χ0) is 8.91. The van der Waals surface area contributed by atoms with Gasteiger partial charge in [-0.25, -0.2) is 4.74 Å². The molecular weight excluding hydrogens is 174 g/mol. The highest BCUT2D eigenvalue weighted by Crippen LogP contribution is 2.20. The van der Waals surface area contributed by atoms with Gasteiger partial charge in [0.15, 0.2) is 0 Å². The molecule has 0 atom stereocenters. The summed E-state index contributed by atoms with van der Waals surface area (Å²) in [6, 6.07) is 0. The largest absolute Gasteiger partial charge is 0.545 e. The van der Waals surface area contributed by atoms with Crippen molar-refractivity contribution in [3.8, 4) is 0 Å². The Balaban J connectivity index is 3.88. The van der Waals surface area contributed by atoms with E-state index in [2.05, 4.69) is 9.57 Å². The van der Waals surface area contributed by atoms with E-state index in [1.807, 2.05) is 5.28 Å². The molecule has 0 radical (unpaired) electrons. The Bertz CT molecular complexity index is 167. The van der Waals surface area contributed by atoms with Gasteiger partial charge in [0.2, 0.25) is 0 Å². The van der Waals surface area contributed by atoms with Crippen LogP contribution in [0.1, 0.15) is 0 Å². The zero-order valence-corrected chi connectivity index (χ0v) is 4.75. The highest BCUT2D eigenvalue weighted by Gasteiger charge is 2.37. The monoisotopic (exact) mass is 175 g/mol. The topological polar surface area (TPSA) is 67.2 Å². The Kier molecular flexibility index (Phi) is 3.42. The number of rotatable bonds is 4. The first-order chi connectivity index (χ1) is 4.98.